The highest BCUT2D eigenvalue weighted by atomic mass is 16.5. The Labute approximate surface area is 67.7 Å². The SMILES string of the molecule is CCCCOCCCO[C]=O. The van der Waals surface area contributed by atoms with E-state index in [0.29, 0.717) is 13.2 Å². The van der Waals surface area contributed by atoms with Gasteiger partial charge in [0.2, 0.25) is 0 Å². The van der Waals surface area contributed by atoms with Gasteiger partial charge in [0.25, 0.3) is 0 Å². The van der Waals surface area contributed by atoms with Crippen LogP contribution in [0.15, 0.2) is 0 Å². The van der Waals surface area contributed by atoms with Gasteiger partial charge in [-0.25, -0.2) is 4.79 Å². The minimum absolute atomic E-state index is 0.412. The molecule has 11 heavy (non-hydrogen) atoms. The van der Waals surface area contributed by atoms with Crippen LogP contribution in [0.2, 0.25) is 0 Å². The molecule has 65 valence electrons. The molecule has 0 N–H and O–H groups in total. The van der Waals surface area contributed by atoms with Crippen LogP contribution in [0.25, 0.3) is 0 Å². The van der Waals surface area contributed by atoms with Crippen molar-refractivity contribution in [1.82, 2.24) is 0 Å². The minimum atomic E-state index is 0.412. The van der Waals surface area contributed by atoms with Crippen molar-refractivity contribution in [2.75, 3.05) is 19.8 Å². The summed E-state index contributed by atoms with van der Waals surface area (Å²) in [6, 6.07) is 0. The fraction of sp³-hybridized carbons (Fsp3) is 0.875. The first-order valence-electron chi connectivity index (χ1n) is 3.98. The van der Waals surface area contributed by atoms with Crippen LogP contribution in [0.5, 0.6) is 0 Å². The molecule has 0 saturated carbocycles. The maximum atomic E-state index is 9.55. The van der Waals surface area contributed by atoms with Crippen LogP contribution in [0.4, 0.5) is 0 Å². The molecule has 0 amide bonds. The lowest BCUT2D eigenvalue weighted by atomic mass is 10.4. The predicted octanol–water partition coefficient (Wildman–Crippen LogP) is 1.28. The highest BCUT2D eigenvalue weighted by Crippen LogP contribution is 1.89. The molecule has 3 nitrogen and oxygen atoms in total. The van der Waals surface area contributed by atoms with Gasteiger partial charge in [-0.15, -0.1) is 0 Å². The molecule has 0 rings (SSSR count). The van der Waals surface area contributed by atoms with Crippen LogP contribution >= 0.6 is 0 Å². The molecule has 0 saturated heterocycles. The average Bonchev–Trinajstić information content (AvgIpc) is 2.03. The summed E-state index contributed by atoms with van der Waals surface area (Å²) in [5, 5.41) is 0. The van der Waals surface area contributed by atoms with Crippen LogP contribution in [0, 0.1) is 0 Å². The molecule has 0 aliphatic heterocycles. The van der Waals surface area contributed by atoms with E-state index in [1.807, 2.05) is 0 Å². The summed E-state index contributed by atoms with van der Waals surface area (Å²) in [5.41, 5.74) is 0. The van der Waals surface area contributed by atoms with Gasteiger partial charge in [0.15, 0.2) is 0 Å². The summed E-state index contributed by atoms with van der Waals surface area (Å²) in [5.74, 6) is 0. The summed E-state index contributed by atoms with van der Waals surface area (Å²) in [7, 11) is 0. The number of hydrogen-bond donors (Lipinski definition) is 0. The zero-order valence-electron chi connectivity index (χ0n) is 6.97. The summed E-state index contributed by atoms with van der Waals surface area (Å²) in [6.45, 7) is 5.37. The average molecular weight is 159 g/mol. The molecule has 1 radical (unpaired) electrons. The first kappa shape index (κ1) is 10.4. The number of rotatable bonds is 8. The second-order valence-electron chi connectivity index (χ2n) is 2.25. The standard InChI is InChI=1S/C8H15O3/c1-2-3-5-10-6-4-7-11-8-9/h2-7H2,1H3. The highest BCUT2D eigenvalue weighted by molar-refractivity contribution is 5.37. The van der Waals surface area contributed by atoms with Gasteiger partial charge < -0.3 is 9.47 Å². The third-order valence-corrected chi connectivity index (χ3v) is 1.24. The molecular weight excluding hydrogens is 144 g/mol. The summed E-state index contributed by atoms with van der Waals surface area (Å²) < 4.78 is 9.57. The summed E-state index contributed by atoms with van der Waals surface area (Å²) in [4.78, 5) is 9.55. The summed E-state index contributed by atoms with van der Waals surface area (Å²) >= 11 is 0. The molecular formula is C8H15O3. The van der Waals surface area contributed by atoms with Gasteiger partial charge in [0.05, 0.1) is 6.61 Å². The van der Waals surface area contributed by atoms with E-state index in [-0.39, 0.29) is 0 Å². The van der Waals surface area contributed by atoms with E-state index >= 15 is 0 Å². The third-order valence-electron chi connectivity index (χ3n) is 1.24. The Morgan fingerprint density at radius 2 is 1.91 bits per heavy atom. The Bertz CT molecular complexity index is 83.4. The number of ether oxygens (including phenoxy) is 2. The topological polar surface area (TPSA) is 35.5 Å². The largest absolute Gasteiger partial charge is 0.457 e. The van der Waals surface area contributed by atoms with Crippen molar-refractivity contribution in [3.63, 3.8) is 0 Å². The zero-order valence-corrected chi connectivity index (χ0v) is 6.97. The molecule has 0 unspecified atom stereocenters. The van der Waals surface area contributed by atoms with Gasteiger partial charge in [0.1, 0.15) is 0 Å². The molecule has 0 aliphatic rings. The number of hydrogen-bond acceptors (Lipinski definition) is 3. The van der Waals surface area contributed by atoms with E-state index in [4.69, 9.17) is 4.74 Å². The molecule has 3 heteroatoms. The Morgan fingerprint density at radius 1 is 1.18 bits per heavy atom. The van der Waals surface area contributed by atoms with Crippen molar-refractivity contribution in [2.24, 2.45) is 0 Å². The lowest BCUT2D eigenvalue weighted by Gasteiger charge is -2.00. The molecule has 0 aromatic heterocycles. The molecule has 0 fully saturated rings. The van der Waals surface area contributed by atoms with Crippen LogP contribution in [-0.4, -0.2) is 26.3 Å². The molecule has 0 aliphatic carbocycles. The molecule has 0 atom stereocenters. The second-order valence-corrected chi connectivity index (χ2v) is 2.25. The fourth-order valence-electron chi connectivity index (χ4n) is 0.623. The Kier molecular flexibility index (Phi) is 8.94. The van der Waals surface area contributed by atoms with E-state index in [1.165, 1.54) is 6.47 Å². The van der Waals surface area contributed by atoms with Crippen molar-refractivity contribution < 1.29 is 14.3 Å². The van der Waals surface area contributed by atoms with Gasteiger partial charge in [-0.05, 0) is 6.42 Å². The first-order valence-corrected chi connectivity index (χ1v) is 3.98. The molecule has 0 aromatic carbocycles. The third kappa shape index (κ3) is 9.43. The van der Waals surface area contributed by atoms with E-state index in [9.17, 15) is 4.79 Å². The van der Waals surface area contributed by atoms with Crippen molar-refractivity contribution in [1.29, 1.82) is 0 Å². The normalized spacial score (nSPS) is 9.55. The van der Waals surface area contributed by atoms with Crippen molar-refractivity contribution >= 4 is 6.47 Å². The Balaban J connectivity index is 2.74. The predicted molar refractivity (Wildman–Crippen MR) is 42.0 cm³/mol. The van der Waals surface area contributed by atoms with Gasteiger partial charge in [-0.1, -0.05) is 13.3 Å². The van der Waals surface area contributed by atoms with E-state index in [0.717, 1.165) is 25.9 Å². The monoisotopic (exact) mass is 159 g/mol. The fourth-order valence-corrected chi connectivity index (χ4v) is 0.623. The van der Waals surface area contributed by atoms with Crippen molar-refractivity contribution in [3.05, 3.63) is 0 Å². The molecule has 0 bridgehead atoms. The maximum absolute atomic E-state index is 9.55. The molecule has 0 spiro atoms. The van der Waals surface area contributed by atoms with E-state index < -0.39 is 0 Å². The van der Waals surface area contributed by atoms with Crippen LogP contribution < -0.4 is 0 Å². The lowest BCUT2D eigenvalue weighted by Crippen LogP contribution is -2.00. The first-order chi connectivity index (χ1) is 5.41. The van der Waals surface area contributed by atoms with Crippen LogP contribution in [0.1, 0.15) is 26.2 Å². The smallest absolute Gasteiger partial charge is 0.417 e. The highest BCUT2D eigenvalue weighted by Gasteiger charge is 1.88. The quantitative estimate of drug-likeness (QED) is 0.500. The second kappa shape index (κ2) is 9.43. The maximum Gasteiger partial charge on any atom is 0.417 e. The molecule has 0 heterocycles. The van der Waals surface area contributed by atoms with Gasteiger partial charge in [0, 0.05) is 19.6 Å². The molecule has 0 aromatic rings. The van der Waals surface area contributed by atoms with Gasteiger partial charge in [-0.2, -0.15) is 0 Å². The van der Waals surface area contributed by atoms with Crippen molar-refractivity contribution in [2.45, 2.75) is 26.2 Å². The van der Waals surface area contributed by atoms with Crippen molar-refractivity contribution in [3.8, 4) is 0 Å². The zero-order chi connectivity index (χ0) is 8.36. The van der Waals surface area contributed by atoms with Crippen LogP contribution in [-0.2, 0) is 14.3 Å². The Hall–Kier alpha value is -0.570. The minimum Gasteiger partial charge on any atom is -0.457 e. The number of unbranched alkanes of at least 4 members (excludes halogenated alkanes) is 1. The Morgan fingerprint density at radius 3 is 2.55 bits per heavy atom. The van der Waals surface area contributed by atoms with E-state index in [2.05, 4.69) is 11.7 Å². The van der Waals surface area contributed by atoms with Gasteiger partial charge >= 0.3 is 6.47 Å². The summed E-state index contributed by atoms with van der Waals surface area (Å²) in [6.07, 6.45) is 3.01. The van der Waals surface area contributed by atoms with E-state index in [1.54, 1.807) is 0 Å². The lowest BCUT2D eigenvalue weighted by molar-refractivity contribution is 0.114. The van der Waals surface area contributed by atoms with Gasteiger partial charge in [-0.3, -0.25) is 0 Å². The van der Waals surface area contributed by atoms with Crippen LogP contribution in [0.3, 0.4) is 0 Å². The number of carbonyl (C=O) groups excluding carboxylic acids is 1.